The summed E-state index contributed by atoms with van der Waals surface area (Å²) in [6.07, 6.45) is 0. The third-order valence-electron chi connectivity index (χ3n) is 7.48. The zero-order valence-corrected chi connectivity index (χ0v) is 23.5. The molecule has 1 saturated heterocycles. The predicted molar refractivity (Wildman–Crippen MR) is 160 cm³/mol. The van der Waals surface area contributed by atoms with Crippen molar-refractivity contribution in [3.05, 3.63) is 88.9 Å². The van der Waals surface area contributed by atoms with Gasteiger partial charge in [-0.25, -0.2) is 4.99 Å². The number of carbonyl (C=O) groups excluding carboxylic acids is 1. The molecule has 39 heavy (non-hydrogen) atoms. The second-order valence-electron chi connectivity index (χ2n) is 10.4. The van der Waals surface area contributed by atoms with Crippen LogP contribution in [0.2, 0.25) is 5.02 Å². The van der Waals surface area contributed by atoms with Crippen molar-refractivity contribution in [2.45, 2.75) is 25.9 Å². The van der Waals surface area contributed by atoms with Gasteiger partial charge in [0.05, 0.1) is 29.0 Å². The van der Waals surface area contributed by atoms with Gasteiger partial charge in [0.2, 0.25) is 5.91 Å². The third-order valence-corrected chi connectivity index (χ3v) is 7.71. The number of piperazine rings is 1. The number of anilines is 1. The summed E-state index contributed by atoms with van der Waals surface area (Å²) in [5.74, 6) is 0.0889. The lowest BCUT2D eigenvalue weighted by atomic mass is 10.0. The molecule has 0 aliphatic carbocycles. The number of halogens is 1. The molecular formula is C31H34ClN5O2. The largest absolute Gasteiger partial charge is 0.494 e. The van der Waals surface area contributed by atoms with Gasteiger partial charge < -0.3 is 19.9 Å². The normalized spacial score (nSPS) is 18.9. The number of carbonyl (C=O) groups is 1. The molecular weight excluding hydrogens is 510 g/mol. The van der Waals surface area contributed by atoms with Crippen molar-refractivity contribution >= 4 is 45.5 Å². The molecule has 0 bridgehead atoms. The monoisotopic (exact) mass is 543 g/mol. The van der Waals surface area contributed by atoms with Crippen molar-refractivity contribution in [2.75, 3.05) is 38.6 Å². The number of fused-ring (bicyclic) bond motifs is 1. The first-order valence-corrected chi connectivity index (χ1v) is 13.5. The zero-order valence-electron chi connectivity index (χ0n) is 22.7. The van der Waals surface area contributed by atoms with Crippen LogP contribution in [0.1, 0.15) is 25.0 Å². The van der Waals surface area contributed by atoms with Gasteiger partial charge in [0.25, 0.3) is 0 Å². The maximum Gasteiger partial charge on any atom is 0.240 e. The average Bonchev–Trinajstić information content (AvgIpc) is 3.24. The first-order chi connectivity index (χ1) is 18.7. The van der Waals surface area contributed by atoms with Crippen molar-refractivity contribution in [3.63, 3.8) is 0 Å². The number of aromatic hydroxyl groups is 1. The lowest BCUT2D eigenvalue weighted by Gasteiger charge is -2.43. The number of rotatable bonds is 6. The van der Waals surface area contributed by atoms with E-state index in [1.807, 2.05) is 67.7 Å². The Hall–Kier alpha value is -3.65. The summed E-state index contributed by atoms with van der Waals surface area (Å²) in [7, 11) is 3.94. The number of hydrogen-bond donors (Lipinski definition) is 2. The maximum atomic E-state index is 13.2. The number of amides is 1. The number of H-pyrrole nitrogens is 1. The summed E-state index contributed by atoms with van der Waals surface area (Å²) in [5, 5.41) is 12.3. The number of nitrogens with one attached hydrogen (secondary N) is 1. The molecule has 1 fully saturated rings. The summed E-state index contributed by atoms with van der Waals surface area (Å²) in [6, 6.07) is 23.5. The molecule has 0 radical (unpaired) electrons. The van der Waals surface area contributed by atoms with Crippen molar-refractivity contribution in [3.8, 4) is 5.88 Å². The molecule has 1 aliphatic heterocycles. The number of nitrogens with zero attached hydrogens (tertiary/aromatic N) is 4. The van der Waals surface area contributed by atoms with Crippen LogP contribution in [0.4, 0.5) is 11.4 Å². The van der Waals surface area contributed by atoms with Crippen LogP contribution in [0.5, 0.6) is 5.88 Å². The standard InChI is InChI=1S/C31H34ClN5O2/c1-20-17-35(3)18-21(2)37(20)19-28(38)36(4)25-13-11-24(12-14-25)33-30(22-8-6-5-7-9-22)29-26-15-10-23(32)16-27(26)34-31(29)39/h5-16,20-21,34,39H,17-19H2,1-4H3. The van der Waals surface area contributed by atoms with Crippen LogP contribution in [0, 0.1) is 0 Å². The van der Waals surface area contributed by atoms with E-state index in [2.05, 4.69) is 35.7 Å². The van der Waals surface area contributed by atoms with Crippen molar-refractivity contribution < 1.29 is 9.90 Å². The molecule has 0 saturated carbocycles. The number of hydrogen-bond acceptors (Lipinski definition) is 5. The van der Waals surface area contributed by atoms with Crippen molar-refractivity contribution in [1.29, 1.82) is 0 Å². The summed E-state index contributed by atoms with van der Waals surface area (Å²) < 4.78 is 0. The Bertz CT molecular complexity index is 1490. The second-order valence-corrected chi connectivity index (χ2v) is 10.9. The quantitative estimate of drug-likeness (QED) is 0.307. The summed E-state index contributed by atoms with van der Waals surface area (Å²) in [6.45, 7) is 6.65. The Labute approximate surface area is 234 Å². The Kier molecular flexibility index (Phi) is 7.75. The SMILES string of the molecule is CC1CN(C)CC(C)N1CC(=O)N(C)c1ccc(N=C(c2ccccc2)c2c(O)[nH]c3cc(Cl)ccc23)cc1. The van der Waals surface area contributed by atoms with Crippen LogP contribution in [0.15, 0.2) is 77.8 Å². The van der Waals surface area contributed by atoms with E-state index in [1.54, 1.807) is 17.0 Å². The van der Waals surface area contributed by atoms with Gasteiger partial charge in [-0.15, -0.1) is 0 Å². The number of likely N-dealkylation sites (N-methyl/N-ethyl adjacent to an activating group) is 2. The number of aromatic amines is 1. The Balaban J connectivity index is 1.42. The lowest BCUT2D eigenvalue weighted by Crippen LogP contribution is -2.57. The highest BCUT2D eigenvalue weighted by Gasteiger charge is 2.30. The van der Waals surface area contributed by atoms with Crippen molar-refractivity contribution in [1.82, 2.24) is 14.8 Å². The fraction of sp³-hybridized carbons (Fsp3) is 0.290. The minimum Gasteiger partial charge on any atom is -0.494 e. The van der Waals surface area contributed by atoms with E-state index in [1.165, 1.54) is 0 Å². The molecule has 8 heteroatoms. The molecule has 1 aliphatic rings. The minimum absolute atomic E-state index is 0.0317. The van der Waals surface area contributed by atoms with Gasteiger partial charge in [0.1, 0.15) is 0 Å². The van der Waals surface area contributed by atoms with Crippen LogP contribution in [-0.4, -0.2) is 77.3 Å². The zero-order chi connectivity index (χ0) is 27.7. The Morgan fingerprint density at radius 3 is 2.38 bits per heavy atom. The molecule has 2 N–H and O–H groups in total. The minimum atomic E-state index is 0.0317. The third kappa shape index (κ3) is 5.71. The molecule has 7 nitrogen and oxygen atoms in total. The average molecular weight is 544 g/mol. The fourth-order valence-corrected chi connectivity index (χ4v) is 5.65. The second kappa shape index (κ2) is 11.2. The molecule has 0 spiro atoms. The molecule has 2 unspecified atom stereocenters. The van der Waals surface area contributed by atoms with Crippen LogP contribution < -0.4 is 4.90 Å². The molecule has 4 aromatic rings. The van der Waals surface area contributed by atoms with Gasteiger partial charge in [-0.3, -0.25) is 9.69 Å². The Morgan fingerprint density at radius 1 is 1.05 bits per heavy atom. The van der Waals surface area contributed by atoms with Gasteiger partial charge in [-0.2, -0.15) is 0 Å². The number of aliphatic imine (C=N–C) groups is 1. The molecule has 2 atom stereocenters. The van der Waals surface area contributed by atoms with E-state index in [4.69, 9.17) is 16.6 Å². The van der Waals surface area contributed by atoms with E-state index in [0.717, 1.165) is 35.2 Å². The van der Waals surface area contributed by atoms with Crippen LogP contribution >= 0.6 is 11.6 Å². The fourth-order valence-electron chi connectivity index (χ4n) is 5.47. The van der Waals surface area contributed by atoms with E-state index in [0.29, 0.717) is 40.6 Å². The van der Waals surface area contributed by atoms with Crippen LogP contribution in [-0.2, 0) is 4.79 Å². The first kappa shape index (κ1) is 26.9. The van der Waals surface area contributed by atoms with E-state index in [-0.39, 0.29) is 11.8 Å². The van der Waals surface area contributed by atoms with Gasteiger partial charge in [0.15, 0.2) is 5.88 Å². The molecule has 202 valence electrons. The summed E-state index contributed by atoms with van der Waals surface area (Å²) >= 11 is 6.18. The predicted octanol–water partition coefficient (Wildman–Crippen LogP) is 5.68. The van der Waals surface area contributed by atoms with Gasteiger partial charge in [-0.1, -0.05) is 48.0 Å². The van der Waals surface area contributed by atoms with Gasteiger partial charge in [-0.05, 0) is 57.3 Å². The molecule has 1 aromatic heterocycles. The van der Waals surface area contributed by atoms with Crippen LogP contribution in [0.25, 0.3) is 10.9 Å². The smallest absolute Gasteiger partial charge is 0.240 e. The maximum absolute atomic E-state index is 13.2. The summed E-state index contributed by atoms with van der Waals surface area (Å²) in [4.78, 5) is 27.5. The van der Waals surface area contributed by atoms with Gasteiger partial charge >= 0.3 is 0 Å². The summed E-state index contributed by atoms with van der Waals surface area (Å²) in [5.41, 5.74) is 4.37. The number of aromatic nitrogens is 1. The highest BCUT2D eigenvalue weighted by atomic mass is 35.5. The van der Waals surface area contributed by atoms with E-state index >= 15 is 0 Å². The topological polar surface area (TPSA) is 75.2 Å². The van der Waals surface area contributed by atoms with E-state index < -0.39 is 0 Å². The molecule has 2 heterocycles. The molecule has 5 rings (SSSR count). The lowest BCUT2D eigenvalue weighted by molar-refractivity contribution is -0.121. The Morgan fingerprint density at radius 2 is 1.72 bits per heavy atom. The van der Waals surface area contributed by atoms with Crippen molar-refractivity contribution in [2.24, 2.45) is 4.99 Å². The molecule has 1 amide bonds. The number of benzene rings is 3. The highest BCUT2D eigenvalue weighted by molar-refractivity contribution is 6.31. The molecule has 3 aromatic carbocycles. The van der Waals surface area contributed by atoms with Crippen LogP contribution in [0.3, 0.4) is 0 Å². The highest BCUT2D eigenvalue weighted by Crippen LogP contribution is 2.33. The van der Waals surface area contributed by atoms with Gasteiger partial charge in [0, 0.05) is 53.9 Å². The van der Waals surface area contributed by atoms with E-state index in [9.17, 15) is 9.90 Å². The first-order valence-electron chi connectivity index (χ1n) is 13.2.